The van der Waals surface area contributed by atoms with Crippen LogP contribution in [0.25, 0.3) is 0 Å². The third-order valence-electron chi connectivity index (χ3n) is 3.69. The molecule has 1 heteroatoms. The smallest absolute Gasteiger partial charge is 0.0235 e. The molecule has 92 valence electrons. The van der Waals surface area contributed by atoms with Crippen molar-refractivity contribution in [3.8, 4) is 0 Å². The average molecular weight is 254 g/mol. The maximum atomic E-state index is 2.33. The zero-order valence-corrected chi connectivity index (χ0v) is 11.7. The summed E-state index contributed by atoms with van der Waals surface area (Å²) in [5.41, 5.74) is 4.52. The number of rotatable bonds is 1. The summed E-state index contributed by atoms with van der Waals surface area (Å²) >= 11 is 1.97. The average Bonchev–Trinajstić information content (AvgIpc) is 2.55. The summed E-state index contributed by atoms with van der Waals surface area (Å²) in [7, 11) is 0. The second-order valence-electron chi connectivity index (χ2n) is 5.25. The SMILES string of the molecule is CC(C)[C@H]1c2ccccc2CSc2ccccc21. The fraction of sp³-hybridized carbons (Fsp3) is 0.294. The van der Waals surface area contributed by atoms with E-state index in [1.165, 1.54) is 21.6 Å². The number of hydrogen-bond donors (Lipinski definition) is 0. The Kier molecular flexibility index (Phi) is 3.17. The van der Waals surface area contributed by atoms with Gasteiger partial charge in [0.15, 0.2) is 0 Å². The summed E-state index contributed by atoms with van der Waals surface area (Å²) in [5.74, 6) is 2.26. The standard InChI is InChI=1S/C17H18S/c1-12(2)17-14-8-4-3-7-13(14)11-18-16-10-6-5-9-15(16)17/h3-10,12,17H,11H2,1-2H3/t17-/m0/s1. The van der Waals surface area contributed by atoms with Crippen molar-refractivity contribution in [2.45, 2.75) is 30.4 Å². The fourth-order valence-electron chi connectivity index (χ4n) is 2.88. The van der Waals surface area contributed by atoms with Crippen molar-refractivity contribution in [2.24, 2.45) is 5.92 Å². The second-order valence-corrected chi connectivity index (χ2v) is 6.26. The lowest BCUT2D eigenvalue weighted by Gasteiger charge is -2.23. The van der Waals surface area contributed by atoms with Crippen LogP contribution in [0.2, 0.25) is 0 Å². The first-order valence-electron chi connectivity index (χ1n) is 6.57. The molecule has 0 spiro atoms. The Bertz CT molecular complexity index is 510. The largest absolute Gasteiger partial charge is 0.121 e. The molecule has 0 nitrogen and oxygen atoms in total. The molecule has 0 N–H and O–H groups in total. The molecule has 1 heterocycles. The van der Waals surface area contributed by atoms with Crippen LogP contribution in [0.4, 0.5) is 0 Å². The van der Waals surface area contributed by atoms with Gasteiger partial charge in [-0.15, -0.1) is 11.8 Å². The molecule has 0 radical (unpaired) electrons. The van der Waals surface area contributed by atoms with Gasteiger partial charge in [-0.1, -0.05) is 56.3 Å². The minimum Gasteiger partial charge on any atom is -0.121 e. The maximum Gasteiger partial charge on any atom is 0.0235 e. The predicted octanol–water partition coefficient (Wildman–Crippen LogP) is 5.08. The van der Waals surface area contributed by atoms with Crippen molar-refractivity contribution >= 4 is 11.8 Å². The summed E-state index contributed by atoms with van der Waals surface area (Å²) in [6.45, 7) is 4.66. The molecule has 0 saturated carbocycles. The van der Waals surface area contributed by atoms with Crippen LogP contribution in [0.15, 0.2) is 53.4 Å². The summed E-state index contributed by atoms with van der Waals surface area (Å²) in [5, 5.41) is 0. The van der Waals surface area contributed by atoms with Crippen LogP contribution in [0.1, 0.15) is 36.5 Å². The minimum absolute atomic E-state index is 0.535. The van der Waals surface area contributed by atoms with E-state index >= 15 is 0 Å². The normalized spacial score (nSPS) is 18.1. The van der Waals surface area contributed by atoms with Gasteiger partial charge in [0.25, 0.3) is 0 Å². The van der Waals surface area contributed by atoms with Crippen LogP contribution in [0.5, 0.6) is 0 Å². The van der Waals surface area contributed by atoms with Crippen LogP contribution in [-0.4, -0.2) is 0 Å². The molecule has 0 fully saturated rings. The lowest BCUT2D eigenvalue weighted by molar-refractivity contribution is 0.556. The second kappa shape index (κ2) is 4.81. The first kappa shape index (κ1) is 11.9. The summed E-state index contributed by atoms with van der Waals surface area (Å²) < 4.78 is 0. The molecule has 1 atom stereocenters. The number of benzene rings is 2. The Morgan fingerprint density at radius 2 is 1.61 bits per heavy atom. The first-order chi connectivity index (χ1) is 8.77. The zero-order chi connectivity index (χ0) is 12.5. The Hall–Kier alpha value is -1.21. The van der Waals surface area contributed by atoms with E-state index in [2.05, 4.69) is 62.4 Å². The highest BCUT2D eigenvalue weighted by Gasteiger charge is 2.25. The van der Waals surface area contributed by atoms with E-state index in [4.69, 9.17) is 0 Å². The molecule has 0 amide bonds. The van der Waals surface area contributed by atoms with Crippen LogP contribution in [-0.2, 0) is 5.75 Å². The van der Waals surface area contributed by atoms with E-state index in [9.17, 15) is 0 Å². The molecule has 0 aliphatic carbocycles. The van der Waals surface area contributed by atoms with Crippen LogP contribution >= 0.6 is 11.8 Å². The molecule has 0 aromatic heterocycles. The van der Waals surface area contributed by atoms with Gasteiger partial charge in [0, 0.05) is 16.6 Å². The van der Waals surface area contributed by atoms with E-state index in [0.29, 0.717) is 11.8 Å². The lowest BCUT2D eigenvalue weighted by Crippen LogP contribution is -2.10. The summed E-state index contributed by atoms with van der Waals surface area (Å²) in [6.07, 6.45) is 0. The number of fused-ring (bicyclic) bond motifs is 2. The van der Waals surface area contributed by atoms with Crippen LogP contribution in [0, 0.1) is 5.92 Å². The highest BCUT2D eigenvalue weighted by atomic mass is 32.2. The lowest BCUT2D eigenvalue weighted by atomic mass is 9.81. The molecule has 0 bridgehead atoms. The first-order valence-corrected chi connectivity index (χ1v) is 7.55. The Morgan fingerprint density at radius 1 is 0.944 bits per heavy atom. The molecule has 1 aliphatic rings. The molecular weight excluding hydrogens is 236 g/mol. The molecule has 3 rings (SSSR count). The quantitative estimate of drug-likeness (QED) is 0.684. The Labute approximate surface area is 113 Å². The van der Waals surface area contributed by atoms with Crippen molar-refractivity contribution in [3.63, 3.8) is 0 Å². The molecule has 0 unspecified atom stereocenters. The third-order valence-corrected chi connectivity index (χ3v) is 4.83. The van der Waals surface area contributed by atoms with Crippen molar-refractivity contribution in [3.05, 3.63) is 65.2 Å². The summed E-state index contributed by atoms with van der Waals surface area (Å²) in [6, 6.07) is 17.8. The van der Waals surface area contributed by atoms with Crippen molar-refractivity contribution < 1.29 is 0 Å². The fourth-order valence-corrected chi connectivity index (χ4v) is 3.99. The highest BCUT2D eigenvalue weighted by Crippen LogP contribution is 2.43. The Morgan fingerprint density at radius 3 is 2.39 bits per heavy atom. The predicted molar refractivity (Wildman–Crippen MR) is 79.1 cm³/mol. The van der Waals surface area contributed by atoms with Gasteiger partial charge in [0.05, 0.1) is 0 Å². The molecule has 18 heavy (non-hydrogen) atoms. The van der Waals surface area contributed by atoms with E-state index in [-0.39, 0.29) is 0 Å². The third kappa shape index (κ3) is 1.97. The van der Waals surface area contributed by atoms with Gasteiger partial charge in [0.1, 0.15) is 0 Å². The van der Waals surface area contributed by atoms with Crippen molar-refractivity contribution in [1.29, 1.82) is 0 Å². The Balaban J connectivity index is 2.21. The zero-order valence-electron chi connectivity index (χ0n) is 10.9. The number of hydrogen-bond acceptors (Lipinski definition) is 1. The van der Waals surface area contributed by atoms with Gasteiger partial charge in [-0.25, -0.2) is 0 Å². The van der Waals surface area contributed by atoms with Gasteiger partial charge in [0.2, 0.25) is 0 Å². The van der Waals surface area contributed by atoms with Crippen LogP contribution < -0.4 is 0 Å². The molecule has 2 aromatic rings. The van der Waals surface area contributed by atoms with Crippen molar-refractivity contribution in [1.82, 2.24) is 0 Å². The molecule has 2 aromatic carbocycles. The molecule has 1 aliphatic heterocycles. The highest BCUT2D eigenvalue weighted by molar-refractivity contribution is 7.98. The van der Waals surface area contributed by atoms with E-state index in [0.717, 1.165) is 5.75 Å². The monoisotopic (exact) mass is 254 g/mol. The van der Waals surface area contributed by atoms with E-state index in [1.807, 2.05) is 11.8 Å². The van der Waals surface area contributed by atoms with Gasteiger partial charge in [-0.05, 0) is 28.7 Å². The minimum atomic E-state index is 0.535. The van der Waals surface area contributed by atoms with Gasteiger partial charge < -0.3 is 0 Å². The van der Waals surface area contributed by atoms with Gasteiger partial charge in [-0.2, -0.15) is 0 Å². The molecule has 0 saturated heterocycles. The van der Waals surface area contributed by atoms with E-state index in [1.54, 1.807) is 0 Å². The summed E-state index contributed by atoms with van der Waals surface area (Å²) in [4.78, 5) is 1.45. The van der Waals surface area contributed by atoms with Gasteiger partial charge >= 0.3 is 0 Å². The van der Waals surface area contributed by atoms with Crippen LogP contribution in [0.3, 0.4) is 0 Å². The topological polar surface area (TPSA) is 0 Å². The van der Waals surface area contributed by atoms with E-state index < -0.39 is 0 Å². The molecular formula is C17H18S. The number of thioether (sulfide) groups is 1. The maximum absolute atomic E-state index is 2.33. The van der Waals surface area contributed by atoms with Gasteiger partial charge in [-0.3, -0.25) is 0 Å². The van der Waals surface area contributed by atoms with Crippen molar-refractivity contribution in [2.75, 3.05) is 0 Å².